The summed E-state index contributed by atoms with van der Waals surface area (Å²) in [4.78, 5) is 6.31. The Morgan fingerprint density at radius 1 is 1.18 bits per heavy atom. The number of aliphatic hydroxyl groups is 1. The summed E-state index contributed by atoms with van der Waals surface area (Å²) in [5.74, 6) is 1.56. The van der Waals surface area contributed by atoms with E-state index >= 15 is 0 Å². The van der Waals surface area contributed by atoms with Crippen molar-refractivity contribution in [2.45, 2.75) is 62.0 Å². The van der Waals surface area contributed by atoms with Crippen molar-refractivity contribution in [1.82, 2.24) is 9.88 Å². The molecule has 4 atom stereocenters. The number of aromatic nitrogens is 1. The number of para-hydroxylation sites is 1. The smallest absolute Gasteiger partial charge is 0.164 e. The summed E-state index contributed by atoms with van der Waals surface area (Å²) >= 11 is 0. The van der Waals surface area contributed by atoms with Gasteiger partial charge in [-0.05, 0) is 61.4 Å². The lowest BCUT2D eigenvalue weighted by Crippen LogP contribution is -2.75. The number of hydrogen-bond donors (Lipinski definition) is 3. The highest BCUT2D eigenvalue weighted by molar-refractivity contribution is 5.86. The van der Waals surface area contributed by atoms with Gasteiger partial charge in [-0.2, -0.15) is 0 Å². The number of aromatic amines is 1. The molecule has 3 aliphatic carbocycles. The Balaban J connectivity index is 1.52. The molecule has 7 rings (SSSR count). The molecule has 1 saturated carbocycles. The van der Waals surface area contributed by atoms with E-state index in [1.54, 1.807) is 13.2 Å². The molecule has 3 aromatic rings. The number of methoxy groups -OCH3 is 1. The van der Waals surface area contributed by atoms with Crippen LogP contribution in [0, 0.1) is 5.92 Å². The normalized spacial score (nSPS) is 32.8. The Morgan fingerprint density at radius 3 is 2.79 bits per heavy atom. The van der Waals surface area contributed by atoms with Crippen LogP contribution in [-0.2, 0) is 18.3 Å². The molecule has 5 heteroatoms. The van der Waals surface area contributed by atoms with Gasteiger partial charge in [-0.1, -0.05) is 31.2 Å². The topological polar surface area (TPSA) is 68.7 Å². The third kappa shape index (κ3) is 2.40. The number of likely N-dealkylation sites (tertiary alicyclic amines) is 1. The van der Waals surface area contributed by atoms with E-state index in [0.717, 1.165) is 42.9 Å². The number of aromatic hydroxyl groups is 1. The molecule has 2 fully saturated rings. The Labute approximate surface area is 194 Å². The van der Waals surface area contributed by atoms with Gasteiger partial charge in [0.1, 0.15) is 0 Å². The van der Waals surface area contributed by atoms with Crippen molar-refractivity contribution in [2.24, 2.45) is 5.92 Å². The maximum Gasteiger partial charge on any atom is 0.164 e. The Bertz CT molecular complexity index is 1280. The predicted molar refractivity (Wildman–Crippen MR) is 128 cm³/mol. The quantitative estimate of drug-likeness (QED) is 0.565. The summed E-state index contributed by atoms with van der Waals surface area (Å²) in [7, 11) is 1.64. The average Bonchev–Trinajstić information content (AvgIpc) is 3.55. The zero-order chi connectivity index (χ0) is 22.5. The highest BCUT2D eigenvalue weighted by atomic mass is 16.5. The van der Waals surface area contributed by atoms with Gasteiger partial charge in [0.25, 0.3) is 0 Å². The molecule has 1 aliphatic heterocycles. The van der Waals surface area contributed by atoms with Gasteiger partial charge in [-0.25, -0.2) is 0 Å². The summed E-state index contributed by atoms with van der Waals surface area (Å²) < 4.78 is 5.84. The van der Waals surface area contributed by atoms with Gasteiger partial charge in [0.2, 0.25) is 0 Å². The fourth-order valence-corrected chi connectivity index (χ4v) is 7.85. The van der Waals surface area contributed by atoms with E-state index in [2.05, 4.69) is 47.1 Å². The first-order valence-corrected chi connectivity index (χ1v) is 12.4. The fourth-order valence-electron chi connectivity index (χ4n) is 7.85. The molecule has 0 radical (unpaired) electrons. The van der Waals surface area contributed by atoms with E-state index in [9.17, 15) is 10.2 Å². The fraction of sp³-hybridized carbons (Fsp3) is 0.500. The predicted octanol–water partition coefficient (Wildman–Crippen LogP) is 4.25. The molecule has 33 heavy (non-hydrogen) atoms. The number of phenols is 1. The van der Waals surface area contributed by atoms with Crippen molar-refractivity contribution in [3.05, 3.63) is 58.8 Å². The van der Waals surface area contributed by atoms with Gasteiger partial charge in [-0.3, -0.25) is 4.90 Å². The van der Waals surface area contributed by atoms with Crippen molar-refractivity contribution in [3.8, 4) is 11.5 Å². The molecule has 4 aliphatic rings. The first-order chi connectivity index (χ1) is 16.0. The maximum atomic E-state index is 12.9. The van der Waals surface area contributed by atoms with Crippen LogP contribution < -0.4 is 4.74 Å². The number of fused-ring (bicyclic) bond motifs is 4. The number of ether oxygens (including phenoxy) is 1. The van der Waals surface area contributed by atoms with Crippen LogP contribution in [0.4, 0.5) is 0 Å². The van der Waals surface area contributed by atoms with Gasteiger partial charge in [-0.15, -0.1) is 0 Å². The SMILES string of the molecule is COc1c(O)ccc2c1[C@]13CCN(CC4CC4)[C@H](C2)[C@]1(O)Cc1c([nH]c2ccccc12)C3C. The van der Waals surface area contributed by atoms with Crippen LogP contribution in [0.25, 0.3) is 10.9 Å². The van der Waals surface area contributed by atoms with E-state index in [1.807, 2.05) is 0 Å². The largest absolute Gasteiger partial charge is 0.504 e. The highest BCUT2D eigenvalue weighted by Gasteiger charge is 2.68. The number of H-pyrrole nitrogens is 1. The summed E-state index contributed by atoms with van der Waals surface area (Å²) in [6, 6.07) is 12.4. The van der Waals surface area contributed by atoms with E-state index in [1.165, 1.54) is 35.0 Å². The lowest BCUT2D eigenvalue weighted by atomic mass is 9.46. The third-order valence-electron chi connectivity index (χ3n) is 9.50. The van der Waals surface area contributed by atoms with Gasteiger partial charge in [0.15, 0.2) is 11.5 Å². The van der Waals surface area contributed by atoms with Gasteiger partial charge < -0.3 is 19.9 Å². The van der Waals surface area contributed by atoms with Crippen LogP contribution in [0.2, 0.25) is 0 Å². The first kappa shape index (κ1) is 19.9. The Hall–Kier alpha value is -2.50. The minimum absolute atomic E-state index is 0.0675. The molecule has 1 aromatic heterocycles. The summed E-state index contributed by atoms with van der Waals surface area (Å²) in [5, 5.41) is 24.9. The van der Waals surface area contributed by atoms with E-state index in [-0.39, 0.29) is 17.7 Å². The second-order valence-corrected chi connectivity index (χ2v) is 10.9. The molecule has 172 valence electrons. The van der Waals surface area contributed by atoms with Crippen molar-refractivity contribution < 1.29 is 14.9 Å². The molecule has 3 N–H and O–H groups in total. The lowest BCUT2D eigenvalue weighted by Gasteiger charge is -2.65. The minimum atomic E-state index is -0.925. The number of rotatable bonds is 3. The second-order valence-electron chi connectivity index (χ2n) is 10.9. The summed E-state index contributed by atoms with van der Waals surface area (Å²) in [6.45, 7) is 4.33. The highest BCUT2D eigenvalue weighted by Crippen LogP contribution is 2.65. The van der Waals surface area contributed by atoms with Crippen LogP contribution in [0.15, 0.2) is 36.4 Å². The van der Waals surface area contributed by atoms with Crippen LogP contribution in [0.3, 0.4) is 0 Å². The first-order valence-electron chi connectivity index (χ1n) is 12.4. The Morgan fingerprint density at radius 2 is 2.00 bits per heavy atom. The Kier molecular flexibility index (Phi) is 3.95. The molecule has 2 heterocycles. The van der Waals surface area contributed by atoms with Crippen LogP contribution in [-0.4, -0.2) is 51.9 Å². The molecule has 1 unspecified atom stereocenters. The molecule has 1 saturated heterocycles. The maximum absolute atomic E-state index is 12.9. The van der Waals surface area contributed by atoms with Crippen molar-refractivity contribution >= 4 is 10.9 Å². The van der Waals surface area contributed by atoms with E-state index < -0.39 is 11.0 Å². The number of hydrogen-bond acceptors (Lipinski definition) is 4. The van der Waals surface area contributed by atoms with Gasteiger partial charge >= 0.3 is 0 Å². The molecule has 2 aromatic carbocycles. The number of benzene rings is 2. The van der Waals surface area contributed by atoms with Crippen LogP contribution in [0.5, 0.6) is 11.5 Å². The number of piperidine rings is 1. The zero-order valence-corrected chi connectivity index (χ0v) is 19.4. The molecular weight excluding hydrogens is 412 g/mol. The molecular formula is C28H32N2O3. The zero-order valence-electron chi connectivity index (χ0n) is 19.4. The van der Waals surface area contributed by atoms with E-state index in [4.69, 9.17) is 4.74 Å². The molecule has 2 bridgehead atoms. The van der Waals surface area contributed by atoms with Crippen molar-refractivity contribution in [1.29, 1.82) is 0 Å². The number of nitrogens with zero attached hydrogens (tertiary/aromatic N) is 1. The van der Waals surface area contributed by atoms with Crippen molar-refractivity contribution in [2.75, 3.05) is 20.2 Å². The molecule has 5 nitrogen and oxygen atoms in total. The van der Waals surface area contributed by atoms with Crippen LogP contribution >= 0.6 is 0 Å². The standard InChI is InChI=1S/C28H32N2O3/c1-16-25-20(19-5-3-4-6-21(19)29-25)14-28(32)23-13-18-9-10-22(31)26(33-2)24(18)27(16,28)11-12-30(23)15-17-7-8-17/h3-6,9-10,16-17,23,29,31-32H,7-8,11-15H2,1-2H3/t16?,23-,27-,28-/m1/s1. The lowest BCUT2D eigenvalue weighted by molar-refractivity contribution is -0.160. The summed E-state index contributed by atoms with van der Waals surface area (Å²) in [5.41, 5.74) is 4.44. The minimum Gasteiger partial charge on any atom is -0.504 e. The molecule has 0 amide bonds. The number of nitrogens with one attached hydrogen (secondary N) is 1. The summed E-state index contributed by atoms with van der Waals surface area (Å²) in [6.07, 6.45) is 4.90. The van der Waals surface area contributed by atoms with Crippen LogP contribution in [0.1, 0.15) is 54.5 Å². The van der Waals surface area contributed by atoms with E-state index in [0.29, 0.717) is 12.2 Å². The third-order valence-corrected chi connectivity index (χ3v) is 9.50. The van der Waals surface area contributed by atoms with Crippen molar-refractivity contribution in [3.63, 3.8) is 0 Å². The average molecular weight is 445 g/mol. The van der Waals surface area contributed by atoms with Gasteiger partial charge in [0, 0.05) is 52.5 Å². The second kappa shape index (κ2) is 6.55. The van der Waals surface area contributed by atoms with Gasteiger partial charge in [0.05, 0.1) is 12.7 Å². The molecule has 0 spiro atoms. The monoisotopic (exact) mass is 444 g/mol. The number of phenolic OH excluding ortho intramolecular Hbond substituents is 1.